The molecule has 0 spiro atoms. The predicted octanol–water partition coefficient (Wildman–Crippen LogP) is 4.29. The van der Waals surface area contributed by atoms with E-state index in [1.54, 1.807) is 0 Å². The van der Waals surface area contributed by atoms with Crippen LogP contribution in [0.2, 0.25) is 5.15 Å². The van der Waals surface area contributed by atoms with Crippen molar-refractivity contribution in [1.29, 1.82) is 0 Å². The van der Waals surface area contributed by atoms with Crippen molar-refractivity contribution >= 4 is 33.4 Å². The van der Waals surface area contributed by atoms with Gasteiger partial charge in [0.25, 0.3) is 5.56 Å². The number of aromatic amines is 1. The Morgan fingerprint density at radius 2 is 1.96 bits per heavy atom. The Kier molecular flexibility index (Phi) is 3.92. The van der Waals surface area contributed by atoms with E-state index in [-0.39, 0.29) is 27.2 Å². The molecule has 27 heavy (non-hydrogen) atoms. The molecule has 5 nitrogen and oxygen atoms in total. The van der Waals surface area contributed by atoms with E-state index in [1.165, 1.54) is 36.7 Å². The SMILES string of the molecule is O=c1c2cn[nH]c2c2ccc(-c3ccnc(Cl)c3F)cc2n1CC(F)(F)F. The maximum atomic E-state index is 14.3. The van der Waals surface area contributed by atoms with E-state index in [1.807, 2.05) is 0 Å². The first-order chi connectivity index (χ1) is 12.8. The van der Waals surface area contributed by atoms with E-state index in [0.717, 1.165) is 0 Å². The quantitative estimate of drug-likeness (QED) is 0.406. The Morgan fingerprint density at radius 1 is 1.19 bits per heavy atom. The predicted molar refractivity (Wildman–Crippen MR) is 92.1 cm³/mol. The Morgan fingerprint density at radius 3 is 2.70 bits per heavy atom. The summed E-state index contributed by atoms with van der Waals surface area (Å²) in [4.78, 5) is 16.2. The Bertz CT molecular complexity index is 1250. The summed E-state index contributed by atoms with van der Waals surface area (Å²) in [6.07, 6.45) is -2.15. The lowest BCUT2D eigenvalue weighted by Gasteiger charge is -2.14. The van der Waals surface area contributed by atoms with E-state index < -0.39 is 24.1 Å². The molecule has 3 heterocycles. The summed E-state index contributed by atoms with van der Waals surface area (Å²) in [6, 6.07) is 5.70. The molecule has 0 aliphatic carbocycles. The van der Waals surface area contributed by atoms with Gasteiger partial charge in [-0.2, -0.15) is 18.3 Å². The Hall–Kier alpha value is -2.94. The summed E-state index contributed by atoms with van der Waals surface area (Å²) >= 11 is 5.69. The van der Waals surface area contributed by atoms with Crippen LogP contribution in [-0.2, 0) is 6.54 Å². The summed E-state index contributed by atoms with van der Waals surface area (Å²) in [5.74, 6) is -0.800. The molecule has 0 fully saturated rings. The number of pyridine rings is 2. The number of H-pyrrole nitrogens is 1. The number of aromatic nitrogens is 4. The summed E-state index contributed by atoms with van der Waals surface area (Å²) in [5, 5.41) is 6.41. The molecule has 0 saturated carbocycles. The molecule has 0 aliphatic heterocycles. The van der Waals surface area contributed by atoms with Gasteiger partial charge >= 0.3 is 6.18 Å². The van der Waals surface area contributed by atoms with Crippen LogP contribution < -0.4 is 5.56 Å². The second-order valence-electron chi connectivity index (χ2n) is 5.86. The second-order valence-corrected chi connectivity index (χ2v) is 6.22. The summed E-state index contributed by atoms with van der Waals surface area (Å²) in [6.45, 7) is -1.48. The lowest BCUT2D eigenvalue weighted by molar-refractivity contribution is -0.140. The number of fused-ring (bicyclic) bond motifs is 3. The lowest BCUT2D eigenvalue weighted by Crippen LogP contribution is -2.28. The van der Waals surface area contributed by atoms with E-state index in [4.69, 9.17) is 11.6 Å². The van der Waals surface area contributed by atoms with Gasteiger partial charge in [-0.25, -0.2) is 9.37 Å². The maximum absolute atomic E-state index is 14.3. The van der Waals surface area contributed by atoms with E-state index >= 15 is 0 Å². The minimum atomic E-state index is -4.62. The highest BCUT2D eigenvalue weighted by Gasteiger charge is 2.30. The fraction of sp³-hybridized carbons (Fsp3) is 0.118. The van der Waals surface area contributed by atoms with Crippen molar-refractivity contribution in [2.24, 2.45) is 0 Å². The second kappa shape index (κ2) is 6.05. The first-order valence-corrected chi connectivity index (χ1v) is 8.01. The van der Waals surface area contributed by atoms with Crippen LogP contribution in [0.5, 0.6) is 0 Å². The van der Waals surface area contributed by atoms with Crippen LogP contribution in [-0.4, -0.2) is 25.9 Å². The van der Waals surface area contributed by atoms with E-state index in [2.05, 4.69) is 15.2 Å². The number of nitrogens with zero attached hydrogens (tertiary/aromatic N) is 3. The molecule has 0 saturated heterocycles. The number of hydrogen-bond donors (Lipinski definition) is 1. The van der Waals surface area contributed by atoms with Gasteiger partial charge in [0.1, 0.15) is 6.54 Å². The van der Waals surface area contributed by atoms with Crippen molar-refractivity contribution in [3.63, 3.8) is 0 Å². The molecule has 0 radical (unpaired) electrons. The largest absolute Gasteiger partial charge is 0.406 e. The van der Waals surface area contributed by atoms with Crippen molar-refractivity contribution < 1.29 is 17.6 Å². The molecule has 10 heteroatoms. The maximum Gasteiger partial charge on any atom is 0.406 e. The molecule has 138 valence electrons. The van der Waals surface area contributed by atoms with Gasteiger partial charge in [0, 0.05) is 17.1 Å². The molecule has 4 aromatic rings. The zero-order valence-electron chi connectivity index (χ0n) is 13.3. The van der Waals surface area contributed by atoms with Gasteiger partial charge in [0.05, 0.1) is 22.6 Å². The van der Waals surface area contributed by atoms with Gasteiger partial charge in [0.2, 0.25) is 0 Å². The van der Waals surface area contributed by atoms with E-state index in [9.17, 15) is 22.4 Å². The molecule has 1 N–H and O–H groups in total. The van der Waals surface area contributed by atoms with Crippen LogP contribution >= 0.6 is 11.6 Å². The molecule has 0 aliphatic rings. The average molecular weight is 397 g/mol. The van der Waals surface area contributed by atoms with E-state index in [0.29, 0.717) is 15.5 Å². The van der Waals surface area contributed by atoms with Crippen molar-refractivity contribution in [3.05, 3.63) is 58.0 Å². The minimum absolute atomic E-state index is 0.00101. The third kappa shape index (κ3) is 2.93. The highest BCUT2D eigenvalue weighted by Crippen LogP contribution is 2.31. The molecule has 0 atom stereocenters. The highest BCUT2D eigenvalue weighted by atomic mass is 35.5. The molecular formula is C17H9ClF4N4O. The number of hydrogen-bond acceptors (Lipinski definition) is 3. The molecule has 3 aromatic heterocycles. The van der Waals surface area contributed by atoms with Crippen molar-refractivity contribution in [2.45, 2.75) is 12.7 Å². The number of rotatable bonds is 2. The smallest absolute Gasteiger partial charge is 0.298 e. The van der Waals surface area contributed by atoms with Gasteiger partial charge in [0.15, 0.2) is 11.0 Å². The zero-order valence-corrected chi connectivity index (χ0v) is 14.1. The number of halogens is 5. The normalized spacial score (nSPS) is 12.2. The Labute approximate surface area is 153 Å². The number of benzene rings is 1. The summed E-state index contributed by atoms with van der Waals surface area (Å²) < 4.78 is 54.0. The Balaban J connectivity index is 2.07. The first kappa shape index (κ1) is 17.5. The van der Waals surface area contributed by atoms with Crippen LogP contribution in [0.25, 0.3) is 32.9 Å². The van der Waals surface area contributed by atoms with Gasteiger partial charge in [-0.15, -0.1) is 0 Å². The number of alkyl halides is 3. The fourth-order valence-electron chi connectivity index (χ4n) is 3.02. The molecule has 0 unspecified atom stereocenters. The molecule has 0 bridgehead atoms. The lowest BCUT2D eigenvalue weighted by atomic mass is 10.0. The summed E-state index contributed by atoms with van der Waals surface area (Å²) in [5.41, 5.74) is -0.202. The third-order valence-corrected chi connectivity index (χ3v) is 4.43. The third-order valence-electron chi connectivity index (χ3n) is 4.17. The minimum Gasteiger partial charge on any atom is -0.298 e. The van der Waals surface area contributed by atoms with Crippen molar-refractivity contribution in [2.75, 3.05) is 0 Å². The average Bonchev–Trinajstić information content (AvgIpc) is 3.10. The first-order valence-electron chi connectivity index (χ1n) is 7.63. The molecule has 0 amide bonds. The zero-order chi connectivity index (χ0) is 19.3. The molecule has 4 rings (SSSR count). The molecular weight excluding hydrogens is 388 g/mol. The van der Waals surface area contributed by atoms with Crippen LogP contribution in [0.4, 0.5) is 17.6 Å². The van der Waals surface area contributed by atoms with Crippen LogP contribution in [0.15, 0.2) is 41.5 Å². The number of nitrogens with one attached hydrogen (secondary N) is 1. The van der Waals surface area contributed by atoms with Gasteiger partial charge in [-0.1, -0.05) is 23.7 Å². The van der Waals surface area contributed by atoms with Crippen LogP contribution in [0.3, 0.4) is 0 Å². The summed E-state index contributed by atoms with van der Waals surface area (Å²) in [7, 11) is 0. The molecule has 1 aromatic carbocycles. The topological polar surface area (TPSA) is 63.6 Å². The fourth-order valence-corrected chi connectivity index (χ4v) is 3.18. The van der Waals surface area contributed by atoms with Crippen molar-refractivity contribution in [3.8, 4) is 11.1 Å². The van der Waals surface area contributed by atoms with Crippen LogP contribution in [0.1, 0.15) is 0 Å². The standard InChI is InChI=1S/C17H9ClF4N4O/c18-15-13(19)9(3-4-23-15)8-1-2-10-12(5-8)26(7-17(20,21)22)16(27)11-6-24-25-14(10)11/h1-6H,7H2,(H,24,25). The van der Waals surface area contributed by atoms with Crippen LogP contribution in [0, 0.1) is 5.82 Å². The highest BCUT2D eigenvalue weighted by molar-refractivity contribution is 6.29. The van der Waals surface area contributed by atoms with Gasteiger partial charge in [-0.05, 0) is 17.7 Å². The van der Waals surface area contributed by atoms with Crippen molar-refractivity contribution in [1.82, 2.24) is 19.7 Å². The monoisotopic (exact) mass is 396 g/mol. The van der Waals surface area contributed by atoms with Gasteiger partial charge < -0.3 is 0 Å². The van der Waals surface area contributed by atoms with Gasteiger partial charge in [-0.3, -0.25) is 14.5 Å².